The Morgan fingerprint density at radius 2 is 2.29 bits per heavy atom. The van der Waals surface area contributed by atoms with Gasteiger partial charge >= 0.3 is 6.09 Å². The van der Waals surface area contributed by atoms with Crippen molar-refractivity contribution >= 4 is 6.09 Å². The van der Waals surface area contributed by atoms with Crippen LogP contribution in [0, 0.1) is 0 Å². The number of hydrogen-bond acceptors (Lipinski definition) is 4. The van der Waals surface area contributed by atoms with Crippen LogP contribution in [0.1, 0.15) is 45.7 Å². The fraction of sp³-hybridized carbons (Fsp3) is 0.733. The molecule has 118 valence electrons. The van der Waals surface area contributed by atoms with Crippen LogP contribution in [0.2, 0.25) is 0 Å². The fourth-order valence-corrected chi connectivity index (χ4v) is 2.45. The number of carbonyl (C=O) groups excluding carboxylic acids is 1. The summed E-state index contributed by atoms with van der Waals surface area (Å²) in [5.41, 5.74) is 0.657. The molecule has 0 aromatic carbocycles. The molecule has 2 rings (SSSR count). The molecule has 0 saturated carbocycles. The summed E-state index contributed by atoms with van der Waals surface area (Å²) in [7, 11) is 0. The van der Waals surface area contributed by atoms with E-state index in [9.17, 15) is 4.79 Å². The Labute approximate surface area is 126 Å². The molecule has 0 bridgehead atoms. The Kier molecular flexibility index (Phi) is 5.22. The highest BCUT2D eigenvalue weighted by atomic mass is 16.6. The molecule has 1 unspecified atom stereocenters. The molecule has 1 saturated heterocycles. The standard InChI is InChI=1S/C15H26N4O2/c1-15(2,3)21-14(20)19-9-4-5-12(7-10-19)16-11-13-6-8-17-18-13/h6,8,12,16H,4-5,7,9-11H2,1-3H3,(H,17,18). The minimum absolute atomic E-state index is 0.197. The molecule has 0 spiro atoms. The molecule has 0 radical (unpaired) electrons. The van der Waals surface area contributed by atoms with E-state index < -0.39 is 5.60 Å². The average Bonchev–Trinajstić information content (AvgIpc) is 2.78. The summed E-state index contributed by atoms with van der Waals surface area (Å²) >= 11 is 0. The smallest absolute Gasteiger partial charge is 0.410 e. The van der Waals surface area contributed by atoms with Crippen LogP contribution >= 0.6 is 0 Å². The maximum Gasteiger partial charge on any atom is 0.410 e. The van der Waals surface area contributed by atoms with E-state index in [2.05, 4.69) is 15.5 Å². The first-order valence-electron chi connectivity index (χ1n) is 7.63. The summed E-state index contributed by atoms with van der Waals surface area (Å²) < 4.78 is 5.44. The van der Waals surface area contributed by atoms with Gasteiger partial charge in [-0.1, -0.05) is 0 Å². The van der Waals surface area contributed by atoms with Crippen LogP contribution < -0.4 is 5.32 Å². The van der Waals surface area contributed by atoms with E-state index in [0.717, 1.165) is 44.6 Å². The molecule has 1 aliphatic rings. The zero-order valence-corrected chi connectivity index (χ0v) is 13.2. The highest BCUT2D eigenvalue weighted by Gasteiger charge is 2.24. The van der Waals surface area contributed by atoms with Crippen LogP contribution in [0.15, 0.2) is 12.3 Å². The molecule has 0 aliphatic carbocycles. The van der Waals surface area contributed by atoms with Gasteiger partial charge in [0.15, 0.2) is 0 Å². The zero-order valence-electron chi connectivity index (χ0n) is 13.2. The summed E-state index contributed by atoms with van der Waals surface area (Å²) in [6, 6.07) is 2.40. The lowest BCUT2D eigenvalue weighted by atomic mass is 10.1. The monoisotopic (exact) mass is 294 g/mol. The van der Waals surface area contributed by atoms with E-state index in [1.807, 2.05) is 31.7 Å². The van der Waals surface area contributed by atoms with Gasteiger partial charge in [-0.05, 0) is 46.1 Å². The third-order valence-electron chi connectivity index (χ3n) is 3.52. The number of carbonyl (C=O) groups is 1. The zero-order chi connectivity index (χ0) is 15.3. The van der Waals surface area contributed by atoms with Crippen molar-refractivity contribution in [2.75, 3.05) is 13.1 Å². The number of nitrogens with one attached hydrogen (secondary N) is 2. The number of nitrogens with zero attached hydrogens (tertiary/aromatic N) is 2. The second-order valence-corrected chi connectivity index (χ2v) is 6.56. The molecule has 6 nitrogen and oxygen atoms in total. The number of ether oxygens (including phenoxy) is 1. The third kappa shape index (κ3) is 5.38. The Hall–Kier alpha value is -1.56. The van der Waals surface area contributed by atoms with Crippen LogP contribution in [0.5, 0.6) is 0 Å². The van der Waals surface area contributed by atoms with Crippen LogP contribution in [-0.4, -0.2) is 45.9 Å². The lowest BCUT2D eigenvalue weighted by Gasteiger charge is -2.26. The first-order chi connectivity index (χ1) is 9.94. The number of likely N-dealkylation sites (tertiary alicyclic amines) is 1. The van der Waals surface area contributed by atoms with Crippen LogP contribution in [0.25, 0.3) is 0 Å². The summed E-state index contributed by atoms with van der Waals surface area (Å²) in [4.78, 5) is 13.9. The van der Waals surface area contributed by atoms with Gasteiger partial charge in [-0.3, -0.25) is 5.10 Å². The normalized spacial score (nSPS) is 20.1. The van der Waals surface area contributed by atoms with Gasteiger partial charge in [0.2, 0.25) is 0 Å². The first kappa shape index (κ1) is 15.8. The Balaban J connectivity index is 1.77. The first-order valence-corrected chi connectivity index (χ1v) is 7.63. The third-order valence-corrected chi connectivity index (χ3v) is 3.52. The Morgan fingerprint density at radius 3 is 2.95 bits per heavy atom. The van der Waals surface area contributed by atoms with Crippen molar-refractivity contribution in [1.82, 2.24) is 20.4 Å². The van der Waals surface area contributed by atoms with Gasteiger partial charge in [-0.2, -0.15) is 5.10 Å². The predicted octanol–water partition coefficient (Wildman–Crippen LogP) is 2.29. The maximum atomic E-state index is 12.1. The van der Waals surface area contributed by atoms with E-state index in [-0.39, 0.29) is 6.09 Å². The SMILES string of the molecule is CC(C)(C)OC(=O)N1CCCC(NCc2ccn[nH]2)CC1. The number of hydrogen-bond donors (Lipinski definition) is 2. The van der Waals surface area contributed by atoms with Gasteiger partial charge in [0.1, 0.15) is 5.60 Å². The lowest BCUT2D eigenvalue weighted by molar-refractivity contribution is 0.0256. The van der Waals surface area contributed by atoms with E-state index in [1.54, 1.807) is 6.20 Å². The van der Waals surface area contributed by atoms with Crippen molar-refractivity contribution in [2.24, 2.45) is 0 Å². The molecule has 1 amide bonds. The number of rotatable bonds is 3. The van der Waals surface area contributed by atoms with Gasteiger partial charge in [0.25, 0.3) is 0 Å². The van der Waals surface area contributed by atoms with Crippen molar-refractivity contribution in [3.8, 4) is 0 Å². The van der Waals surface area contributed by atoms with Crippen molar-refractivity contribution in [3.63, 3.8) is 0 Å². The van der Waals surface area contributed by atoms with Crippen molar-refractivity contribution in [1.29, 1.82) is 0 Å². The van der Waals surface area contributed by atoms with Gasteiger partial charge in [0.05, 0.1) is 0 Å². The minimum atomic E-state index is -0.429. The van der Waals surface area contributed by atoms with Gasteiger partial charge in [0, 0.05) is 37.6 Å². The molecule has 21 heavy (non-hydrogen) atoms. The molecule has 1 aromatic rings. The lowest BCUT2D eigenvalue weighted by Crippen LogP contribution is -2.38. The topological polar surface area (TPSA) is 70.2 Å². The molecule has 2 N–H and O–H groups in total. The number of amides is 1. The number of H-pyrrole nitrogens is 1. The van der Waals surface area contributed by atoms with Crippen molar-refractivity contribution in [2.45, 2.75) is 58.2 Å². The largest absolute Gasteiger partial charge is 0.444 e. The molecular formula is C15H26N4O2. The van der Waals surface area contributed by atoms with E-state index in [0.29, 0.717) is 6.04 Å². The molecule has 1 atom stereocenters. The van der Waals surface area contributed by atoms with Gasteiger partial charge < -0.3 is 15.0 Å². The van der Waals surface area contributed by atoms with E-state index in [4.69, 9.17) is 4.74 Å². The highest BCUT2D eigenvalue weighted by Crippen LogP contribution is 2.15. The van der Waals surface area contributed by atoms with Gasteiger partial charge in [-0.15, -0.1) is 0 Å². The van der Waals surface area contributed by atoms with Crippen LogP contribution in [-0.2, 0) is 11.3 Å². The highest BCUT2D eigenvalue weighted by molar-refractivity contribution is 5.68. The summed E-state index contributed by atoms with van der Waals surface area (Å²) in [6.07, 6.45) is 4.59. The molecule has 1 aromatic heterocycles. The molecule has 1 aliphatic heterocycles. The molecular weight excluding hydrogens is 268 g/mol. The van der Waals surface area contributed by atoms with Crippen molar-refractivity contribution in [3.05, 3.63) is 18.0 Å². The van der Waals surface area contributed by atoms with E-state index in [1.165, 1.54) is 0 Å². The van der Waals surface area contributed by atoms with Crippen molar-refractivity contribution < 1.29 is 9.53 Å². The molecule has 6 heteroatoms. The fourth-order valence-electron chi connectivity index (χ4n) is 2.45. The minimum Gasteiger partial charge on any atom is -0.444 e. The summed E-state index contributed by atoms with van der Waals surface area (Å²) in [5, 5.41) is 10.4. The van der Waals surface area contributed by atoms with Crippen LogP contribution in [0.3, 0.4) is 0 Å². The average molecular weight is 294 g/mol. The second kappa shape index (κ2) is 6.93. The van der Waals surface area contributed by atoms with E-state index >= 15 is 0 Å². The Morgan fingerprint density at radius 1 is 1.48 bits per heavy atom. The second-order valence-electron chi connectivity index (χ2n) is 6.56. The summed E-state index contributed by atoms with van der Waals surface area (Å²) in [5.74, 6) is 0. The maximum absolute atomic E-state index is 12.1. The number of aromatic amines is 1. The molecule has 2 heterocycles. The summed E-state index contributed by atoms with van der Waals surface area (Å²) in [6.45, 7) is 8.01. The predicted molar refractivity (Wildman–Crippen MR) is 80.9 cm³/mol. The van der Waals surface area contributed by atoms with Crippen LogP contribution in [0.4, 0.5) is 4.79 Å². The molecule has 1 fully saturated rings. The van der Waals surface area contributed by atoms with Gasteiger partial charge in [-0.25, -0.2) is 4.79 Å². The number of aromatic nitrogens is 2. The quantitative estimate of drug-likeness (QED) is 0.897. The Bertz CT molecular complexity index is 439.